The lowest BCUT2D eigenvalue weighted by Gasteiger charge is -2.24. The number of hydrogen-bond donors (Lipinski definition) is 0. The van der Waals surface area contributed by atoms with Gasteiger partial charge in [0.2, 0.25) is 0 Å². The largest absolute Gasteiger partial charge is 0.421 e. The Morgan fingerprint density at radius 1 is 1.29 bits per heavy atom. The molecule has 1 atom stereocenters. The first kappa shape index (κ1) is 14.5. The topological polar surface area (TPSA) is 81.5 Å². The van der Waals surface area contributed by atoms with E-state index in [9.17, 15) is 14.9 Å². The van der Waals surface area contributed by atoms with Crippen molar-refractivity contribution in [3.63, 3.8) is 0 Å². The van der Waals surface area contributed by atoms with Crippen molar-refractivity contribution in [3.8, 4) is 0 Å². The van der Waals surface area contributed by atoms with Crippen molar-refractivity contribution < 1.29 is 9.34 Å². The van der Waals surface area contributed by atoms with Crippen molar-refractivity contribution in [2.24, 2.45) is 0 Å². The van der Waals surface area contributed by atoms with Gasteiger partial charge in [-0.15, -0.1) is 0 Å². The molecule has 24 heavy (non-hydrogen) atoms. The molecule has 122 valence electrons. The van der Waals surface area contributed by atoms with E-state index < -0.39 is 5.76 Å². The Labute approximate surface area is 136 Å². The summed E-state index contributed by atoms with van der Waals surface area (Å²) in [4.78, 5) is 24.8. The first-order valence-electron chi connectivity index (χ1n) is 7.67. The molecule has 7 heteroatoms. The number of rotatable bonds is 3. The maximum absolute atomic E-state index is 12.2. The van der Waals surface area contributed by atoms with Crippen LogP contribution in [0.5, 0.6) is 0 Å². The van der Waals surface area contributed by atoms with E-state index in [4.69, 9.17) is 4.42 Å². The number of fused-ring (bicyclic) bond motifs is 2. The van der Waals surface area contributed by atoms with Crippen LogP contribution in [0.3, 0.4) is 0 Å². The number of para-hydroxylation sites is 2. The van der Waals surface area contributed by atoms with Crippen molar-refractivity contribution in [2.75, 3.05) is 4.90 Å². The van der Waals surface area contributed by atoms with Crippen molar-refractivity contribution in [3.05, 3.63) is 68.7 Å². The summed E-state index contributed by atoms with van der Waals surface area (Å²) >= 11 is 0. The molecule has 0 spiro atoms. The summed E-state index contributed by atoms with van der Waals surface area (Å²) in [6.07, 6.45) is 0.710. The van der Waals surface area contributed by atoms with Gasteiger partial charge in [0.05, 0.1) is 10.4 Å². The van der Waals surface area contributed by atoms with Gasteiger partial charge in [0.25, 0.3) is 5.69 Å². The van der Waals surface area contributed by atoms with Crippen LogP contribution in [-0.2, 0) is 13.1 Å². The van der Waals surface area contributed by atoms with E-state index in [1.165, 1.54) is 6.07 Å². The highest BCUT2D eigenvalue weighted by Gasteiger charge is 2.28. The molecule has 0 saturated heterocycles. The summed E-state index contributed by atoms with van der Waals surface area (Å²) in [5.41, 5.74) is 3.24. The van der Waals surface area contributed by atoms with E-state index in [0.717, 1.165) is 16.8 Å². The zero-order valence-electron chi connectivity index (χ0n) is 13.0. The smallest absolute Gasteiger partial charge is 0.408 e. The number of hydrogen-bond acceptors (Lipinski definition) is 5. The molecular weight excluding hydrogens is 310 g/mol. The van der Waals surface area contributed by atoms with Crippen LogP contribution in [0.15, 0.2) is 51.7 Å². The molecule has 0 bridgehead atoms. The van der Waals surface area contributed by atoms with Gasteiger partial charge >= 0.3 is 5.76 Å². The Kier molecular flexibility index (Phi) is 3.16. The fourth-order valence-corrected chi connectivity index (χ4v) is 3.31. The molecule has 0 fully saturated rings. The highest BCUT2D eigenvalue weighted by atomic mass is 16.6. The monoisotopic (exact) mass is 325 g/mol. The molecule has 2 aromatic carbocycles. The van der Waals surface area contributed by atoms with Crippen LogP contribution in [-0.4, -0.2) is 15.5 Å². The molecule has 3 aromatic rings. The molecule has 1 aliphatic heterocycles. The minimum atomic E-state index is -0.404. The van der Waals surface area contributed by atoms with E-state index in [-0.39, 0.29) is 16.7 Å². The minimum absolute atomic E-state index is 0.0914. The summed E-state index contributed by atoms with van der Waals surface area (Å²) in [6, 6.07) is 12.3. The van der Waals surface area contributed by atoms with Gasteiger partial charge in [-0.25, -0.2) is 4.79 Å². The molecule has 1 aliphatic rings. The van der Waals surface area contributed by atoms with Gasteiger partial charge in [-0.2, -0.15) is 0 Å². The van der Waals surface area contributed by atoms with Gasteiger partial charge in [0, 0.05) is 23.9 Å². The average molecular weight is 325 g/mol. The van der Waals surface area contributed by atoms with Gasteiger partial charge in [-0.05, 0) is 37.1 Å². The van der Waals surface area contributed by atoms with Crippen molar-refractivity contribution in [1.82, 2.24) is 4.57 Å². The van der Waals surface area contributed by atoms with Crippen LogP contribution in [0.4, 0.5) is 11.4 Å². The number of anilines is 1. The molecule has 7 nitrogen and oxygen atoms in total. The molecule has 0 aliphatic carbocycles. The lowest BCUT2D eigenvalue weighted by Crippen LogP contribution is -2.34. The summed E-state index contributed by atoms with van der Waals surface area (Å²) < 4.78 is 6.86. The Balaban J connectivity index is 1.74. The van der Waals surface area contributed by atoms with E-state index in [1.54, 1.807) is 22.8 Å². The highest BCUT2D eigenvalue weighted by molar-refractivity contribution is 5.73. The maximum Gasteiger partial charge on any atom is 0.421 e. The number of nitrogens with zero attached hydrogens (tertiary/aromatic N) is 3. The quantitative estimate of drug-likeness (QED) is 0.546. The van der Waals surface area contributed by atoms with E-state index >= 15 is 0 Å². The average Bonchev–Trinajstić information content (AvgIpc) is 3.04. The third kappa shape index (κ3) is 2.17. The number of oxazole rings is 1. The SMILES string of the molecule is C[C@@H]1Cc2cc([N+](=O)[O-])ccc2N1Cn1c(=O)oc2ccccc21. The zero-order chi connectivity index (χ0) is 16.8. The van der Waals surface area contributed by atoms with Crippen LogP contribution >= 0.6 is 0 Å². The number of non-ortho nitro benzene ring substituents is 1. The van der Waals surface area contributed by atoms with Crippen LogP contribution < -0.4 is 10.7 Å². The second-order valence-corrected chi connectivity index (χ2v) is 6.00. The van der Waals surface area contributed by atoms with Gasteiger partial charge < -0.3 is 9.32 Å². The molecule has 0 N–H and O–H groups in total. The summed E-state index contributed by atoms with van der Waals surface area (Å²) in [5, 5.41) is 10.9. The lowest BCUT2D eigenvalue weighted by atomic mass is 10.1. The fourth-order valence-electron chi connectivity index (χ4n) is 3.31. The molecule has 4 rings (SSSR count). The number of nitro benzene ring substituents is 1. The van der Waals surface area contributed by atoms with Crippen molar-refractivity contribution in [1.29, 1.82) is 0 Å². The Morgan fingerprint density at radius 2 is 2.08 bits per heavy atom. The molecule has 1 aromatic heterocycles. The molecule has 0 unspecified atom stereocenters. The number of benzene rings is 2. The van der Waals surface area contributed by atoms with Crippen LogP contribution in [0.25, 0.3) is 11.1 Å². The molecule has 0 saturated carbocycles. The zero-order valence-corrected chi connectivity index (χ0v) is 13.0. The standard InChI is InChI=1S/C17H15N3O4/c1-11-8-12-9-13(20(22)23)6-7-14(12)18(11)10-19-15-4-2-3-5-16(15)24-17(19)21/h2-7,9,11H,8,10H2,1H3/t11-/m1/s1. The molecule has 0 amide bonds. The number of aromatic nitrogens is 1. The van der Waals surface area contributed by atoms with Gasteiger partial charge in [0.15, 0.2) is 5.58 Å². The summed E-state index contributed by atoms with van der Waals surface area (Å²) in [7, 11) is 0. The van der Waals surface area contributed by atoms with Gasteiger partial charge in [0.1, 0.15) is 6.67 Å². The predicted octanol–water partition coefficient (Wildman–Crippen LogP) is 2.91. The lowest BCUT2D eigenvalue weighted by molar-refractivity contribution is -0.384. The van der Waals surface area contributed by atoms with Gasteiger partial charge in [-0.1, -0.05) is 12.1 Å². The third-order valence-corrected chi connectivity index (χ3v) is 4.50. The van der Waals surface area contributed by atoms with E-state index in [1.807, 2.05) is 25.1 Å². The second kappa shape index (κ2) is 5.23. The Bertz CT molecular complexity index is 1000. The van der Waals surface area contributed by atoms with E-state index in [2.05, 4.69) is 4.90 Å². The summed E-state index contributed by atoms with van der Waals surface area (Å²) in [5.74, 6) is -0.404. The summed E-state index contributed by atoms with van der Waals surface area (Å²) in [6.45, 7) is 2.39. The first-order chi connectivity index (χ1) is 11.5. The number of nitro groups is 1. The Hall–Kier alpha value is -3.09. The minimum Gasteiger partial charge on any atom is -0.408 e. The van der Waals surface area contributed by atoms with Gasteiger partial charge in [-0.3, -0.25) is 14.7 Å². The highest BCUT2D eigenvalue weighted by Crippen LogP contribution is 2.35. The molecule has 2 heterocycles. The normalized spacial score (nSPS) is 16.5. The first-order valence-corrected chi connectivity index (χ1v) is 7.67. The molecular formula is C17H15N3O4. The second-order valence-electron chi connectivity index (χ2n) is 6.00. The van der Waals surface area contributed by atoms with E-state index in [0.29, 0.717) is 18.7 Å². The Morgan fingerprint density at radius 3 is 2.88 bits per heavy atom. The van der Waals surface area contributed by atoms with Crippen LogP contribution in [0.2, 0.25) is 0 Å². The predicted molar refractivity (Wildman–Crippen MR) is 89.2 cm³/mol. The fraction of sp³-hybridized carbons (Fsp3) is 0.235. The molecule has 0 radical (unpaired) electrons. The van der Waals surface area contributed by atoms with Crippen LogP contribution in [0.1, 0.15) is 12.5 Å². The van der Waals surface area contributed by atoms with Crippen molar-refractivity contribution >= 4 is 22.5 Å². The third-order valence-electron chi connectivity index (χ3n) is 4.50. The maximum atomic E-state index is 12.2. The van der Waals surface area contributed by atoms with Crippen molar-refractivity contribution in [2.45, 2.75) is 26.1 Å². The van der Waals surface area contributed by atoms with Crippen LogP contribution in [0, 0.1) is 10.1 Å².